The number of halogens is 1. The van der Waals surface area contributed by atoms with Gasteiger partial charge in [-0.3, -0.25) is 0 Å². The van der Waals surface area contributed by atoms with E-state index in [1.807, 2.05) is 25.1 Å². The molecular weight excluding hydrogens is 228 g/mol. The molecule has 1 atom stereocenters. The van der Waals surface area contributed by atoms with E-state index >= 15 is 0 Å². The van der Waals surface area contributed by atoms with Crippen LogP contribution in [0.1, 0.15) is 12.5 Å². The zero-order valence-corrected chi connectivity index (χ0v) is 10.3. The van der Waals surface area contributed by atoms with Crippen LogP contribution in [0.3, 0.4) is 0 Å². The molecule has 0 bridgehead atoms. The molecule has 2 rings (SSSR count). The third-order valence-electron chi connectivity index (χ3n) is 2.23. The monoisotopic (exact) mass is 240 g/mol. The SMILES string of the molecule is Cc1cc(Cl)ccc1N=C1NCC(C)S1. The molecule has 1 aromatic carbocycles. The average molecular weight is 241 g/mol. The lowest BCUT2D eigenvalue weighted by atomic mass is 10.2. The molecule has 1 saturated heterocycles. The van der Waals surface area contributed by atoms with Gasteiger partial charge in [0.2, 0.25) is 0 Å². The van der Waals surface area contributed by atoms with Crippen molar-refractivity contribution >= 4 is 34.2 Å². The lowest BCUT2D eigenvalue weighted by Gasteiger charge is -2.02. The van der Waals surface area contributed by atoms with Crippen LogP contribution in [-0.4, -0.2) is 17.0 Å². The fourth-order valence-electron chi connectivity index (χ4n) is 1.42. The Balaban J connectivity index is 2.24. The Kier molecular flexibility index (Phi) is 3.22. The molecule has 0 saturated carbocycles. The third kappa shape index (κ3) is 2.67. The zero-order valence-electron chi connectivity index (χ0n) is 8.75. The molecule has 1 aliphatic rings. The molecule has 1 fully saturated rings. The zero-order chi connectivity index (χ0) is 10.8. The van der Waals surface area contributed by atoms with Crippen molar-refractivity contribution in [2.45, 2.75) is 19.1 Å². The Morgan fingerprint density at radius 1 is 1.53 bits per heavy atom. The summed E-state index contributed by atoms with van der Waals surface area (Å²) in [6, 6.07) is 5.76. The van der Waals surface area contributed by atoms with Crippen molar-refractivity contribution in [3.05, 3.63) is 28.8 Å². The molecule has 0 aromatic heterocycles. The van der Waals surface area contributed by atoms with Crippen LogP contribution in [-0.2, 0) is 0 Å². The summed E-state index contributed by atoms with van der Waals surface area (Å²) in [6.45, 7) is 5.21. The van der Waals surface area contributed by atoms with Gasteiger partial charge in [-0.25, -0.2) is 4.99 Å². The van der Waals surface area contributed by atoms with Crippen molar-refractivity contribution in [1.29, 1.82) is 0 Å². The first-order chi connectivity index (χ1) is 7.15. The molecule has 0 radical (unpaired) electrons. The lowest BCUT2D eigenvalue weighted by molar-refractivity contribution is 0.891. The molecule has 0 aliphatic carbocycles. The van der Waals surface area contributed by atoms with E-state index in [0.717, 1.165) is 28.0 Å². The van der Waals surface area contributed by atoms with Crippen LogP contribution >= 0.6 is 23.4 Å². The van der Waals surface area contributed by atoms with Gasteiger partial charge < -0.3 is 5.32 Å². The second-order valence-electron chi connectivity index (χ2n) is 3.66. The molecule has 1 aliphatic heterocycles. The summed E-state index contributed by atoms with van der Waals surface area (Å²) in [4.78, 5) is 4.56. The molecule has 1 aromatic rings. The van der Waals surface area contributed by atoms with Crippen LogP contribution in [0.25, 0.3) is 0 Å². The summed E-state index contributed by atoms with van der Waals surface area (Å²) < 4.78 is 0. The fraction of sp³-hybridized carbons (Fsp3) is 0.364. The van der Waals surface area contributed by atoms with E-state index in [0.29, 0.717) is 5.25 Å². The Hall–Kier alpha value is -0.670. The minimum atomic E-state index is 0.608. The van der Waals surface area contributed by atoms with Crippen LogP contribution in [0, 0.1) is 6.92 Å². The maximum absolute atomic E-state index is 5.89. The van der Waals surface area contributed by atoms with Gasteiger partial charge in [-0.1, -0.05) is 30.3 Å². The van der Waals surface area contributed by atoms with Crippen LogP contribution in [0.4, 0.5) is 5.69 Å². The second-order valence-corrected chi connectivity index (χ2v) is 5.52. The molecule has 0 spiro atoms. The van der Waals surface area contributed by atoms with E-state index < -0.39 is 0 Å². The van der Waals surface area contributed by atoms with Gasteiger partial charge in [-0.2, -0.15) is 0 Å². The highest BCUT2D eigenvalue weighted by molar-refractivity contribution is 8.14. The summed E-state index contributed by atoms with van der Waals surface area (Å²) in [6.07, 6.45) is 0. The fourth-order valence-corrected chi connectivity index (χ4v) is 2.52. The number of thioether (sulfide) groups is 1. The van der Waals surface area contributed by atoms with Crippen molar-refractivity contribution in [3.8, 4) is 0 Å². The van der Waals surface area contributed by atoms with Crippen LogP contribution < -0.4 is 5.32 Å². The van der Waals surface area contributed by atoms with Crippen molar-refractivity contribution < 1.29 is 0 Å². The van der Waals surface area contributed by atoms with E-state index in [1.54, 1.807) is 11.8 Å². The van der Waals surface area contributed by atoms with Crippen molar-refractivity contribution in [1.82, 2.24) is 5.32 Å². The molecule has 1 unspecified atom stereocenters. The number of nitrogens with one attached hydrogen (secondary N) is 1. The first-order valence-corrected chi connectivity index (χ1v) is 6.16. The van der Waals surface area contributed by atoms with Gasteiger partial charge in [-0.05, 0) is 30.7 Å². The first kappa shape index (κ1) is 10.8. The van der Waals surface area contributed by atoms with Crippen molar-refractivity contribution in [2.75, 3.05) is 6.54 Å². The molecule has 1 heterocycles. The van der Waals surface area contributed by atoms with E-state index in [9.17, 15) is 0 Å². The maximum Gasteiger partial charge on any atom is 0.162 e. The quantitative estimate of drug-likeness (QED) is 0.814. The van der Waals surface area contributed by atoms with Crippen molar-refractivity contribution in [3.63, 3.8) is 0 Å². The number of nitrogens with zero attached hydrogens (tertiary/aromatic N) is 1. The van der Waals surface area contributed by atoms with Crippen molar-refractivity contribution in [2.24, 2.45) is 4.99 Å². The Morgan fingerprint density at radius 3 is 2.93 bits per heavy atom. The summed E-state index contributed by atoms with van der Waals surface area (Å²) in [5, 5.41) is 5.65. The van der Waals surface area contributed by atoms with Crippen LogP contribution in [0.5, 0.6) is 0 Å². The molecule has 0 amide bonds. The highest BCUT2D eigenvalue weighted by Crippen LogP contribution is 2.25. The van der Waals surface area contributed by atoms with Gasteiger partial charge in [0.05, 0.1) is 5.69 Å². The third-order valence-corrected chi connectivity index (χ3v) is 3.50. The maximum atomic E-state index is 5.89. The number of amidine groups is 1. The molecule has 4 heteroatoms. The van der Waals surface area contributed by atoms with Gasteiger partial charge in [0.15, 0.2) is 5.17 Å². The predicted molar refractivity (Wildman–Crippen MR) is 68.3 cm³/mol. The van der Waals surface area contributed by atoms with Gasteiger partial charge >= 0.3 is 0 Å². The number of benzene rings is 1. The molecule has 2 nitrogen and oxygen atoms in total. The largest absolute Gasteiger partial charge is 0.363 e. The normalized spacial score (nSPS) is 23.1. The Bertz CT molecular complexity index is 404. The van der Waals surface area contributed by atoms with Gasteiger partial charge in [0.25, 0.3) is 0 Å². The summed E-state index contributed by atoms with van der Waals surface area (Å²) >= 11 is 7.67. The number of aliphatic imine (C=N–C) groups is 1. The molecule has 15 heavy (non-hydrogen) atoms. The number of hydrogen-bond acceptors (Lipinski definition) is 2. The average Bonchev–Trinajstić information content (AvgIpc) is 2.56. The topological polar surface area (TPSA) is 24.4 Å². The highest BCUT2D eigenvalue weighted by Gasteiger charge is 2.16. The first-order valence-electron chi connectivity index (χ1n) is 4.90. The van der Waals surface area contributed by atoms with E-state index in [-0.39, 0.29) is 0 Å². The molecular formula is C11H13ClN2S. The van der Waals surface area contributed by atoms with E-state index in [4.69, 9.17) is 11.6 Å². The Morgan fingerprint density at radius 2 is 2.33 bits per heavy atom. The standard InChI is InChI=1S/C11H13ClN2S/c1-7-5-9(12)3-4-10(7)14-11-13-6-8(2)15-11/h3-5,8H,6H2,1-2H3,(H,13,14). The summed E-state index contributed by atoms with van der Waals surface area (Å²) in [5.74, 6) is 0. The minimum absolute atomic E-state index is 0.608. The number of aryl methyl sites for hydroxylation is 1. The molecule has 80 valence electrons. The second kappa shape index (κ2) is 4.45. The van der Waals surface area contributed by atoms with Crippen LogP contribution in [0.2, 0.25) is 5.02 Å². The smallest absolute Gasteiger partial charge is 0.162 e. The summed E-state index contributed by atoms with van der Waals surface area (Å²) in [7, 11) is 0. The minimum Gasteiger partial charge on any atom is -0.363 e. The Labute approximate surface area is 99.1 Å². The highest BCUT2D eigenvalue weighted by atomic mass is 35.5. The van der Waals surface area contributed by atoms with Gasteiger partial charge in [0, 0.05) is 16.8 Å². The van der Waals surface area contributed by atoms with E-state index in [2.05, 4.69) is 17.2 Å². The number of hydrogen-bond donors (Lipinski definition) is 1. The molecule has 1 N–H and O–H groups in total. The lowest BCUT2D eigenvalue weighted by Crippen LogP contribution is -2.14. The number of rotatable bonds is 1. The van der Waals surface area contributed by atoms with Crippen LogP contribution in [0.15, 0.2) is 23.2 Å². The van der Waals surface area contributed by atoms with Gasteiger partial charge in [-0.15, -0.1) is 0 Å². The van der Waals surface area contributed by atoms with E-state index in [1.165, 1.54) is 0 Å². The summed E-state index contributed by atoms with van der Waals surface area (Å²) in [5.41, 5.74) is 2.10. The predicted octanol–water partition coefficient (Wildman–Crippen LogP) is 3.36. The van der Waals surface area contributed by atoms with Gasteiger partial charge in [0.1, 0.15) is 0 Å².